The van der Waals surface area contributed by atoms with Gasteiger partial charge in [0.2, 0.25) is 5.91 Å². The number of hydrogen-bond acceptors (Lipinski definition) is 3. The average molecular weight is 244 g/mol. The number of nitrogens with one attached hydrogen (secondary N) is 1. The van der Waals surface area contributed by atoms with Gasteiger partial charge in [-0.2, -0.15) is 5.10 Å². The molecular formula is C13H16N4O. The van der Waals surface area contributed by atoms with Gasteiger partial charge in [-0.1, -0.05) is 29.8 Å². The molecule has 0 spiro atoms. The van der Waals surface area contributed by atoms with Crippen molar-refractivity contribution in [2.75, 3.05) is 5.32 Å². The summed E-state index contributed by atoms with van der Waals surface area (Å²) in [6.45, 7) is 1.99. The van der Waals surface area contributed by atoms with E-state index in [1.165, 1.54) is 0 Å². The first-order valence-corrected chi connectivity index (χ1v) is 5.69. The highest BCUT2D eigenvalue weighted by molar-refractivity contribution is 5.94. The molecule has 3 N–H and O–H groups in total. The number of anilines is 1. The first-order valence-electron chi connectivity index (χ1n) is 5.69. The van der Waals surface area contributed by atoms with Crippen molar-refractivity contribution in [1.29, 1.82) is 0 Å². The van der Waals surface area contributed by atoms with Crippen LogP contribution in [0.3, 0.4) is 0 Å². The topological polar surface area (TPSA) is 72.9 Å². The zero-order valence-corrected chi connectivity index (χ0v) is 10.4. The summed E-state index contributed by atoms with van der Waals surface area (Å²) in [6, 6.07) is 8.64. The van der Waals surface area contributed by atoms with Crippen LogP contribution >= 0.6 is 0 Å². The van der Waals surface area contributed by atoms with E-state index in [1.54, 1.807) is 24.0 Å². The summed E-state index contributed by atoms with van der Waals surface area (Å²) >= 11 is 0. The molecule has 18 heavy (non-hydrogen) atoms. The van der Waals surface area contributed by atoms with Crippen LogP contribution in [0.1, 0.15) is 17.2 Å². The minimum Gasteiger partial charge on any atom is -0.316 e. The molecule has 1 aromatic heterocycles. The number of rotatable bonds is 3. The van der Waals surface area contributed by atoms with Crippen molar-refractivity contribution < 1.29 is 4.79 Å². The molecule has 0 aliphatic heterocycles. The zero-order valence-electron chi connectivity index (χ0n) is 10.4. The van der Waals surface area contributed by atoms with Crippen LogP contribution in [-0.4, -0.2) is 15.7 Å². The van der Waals surface area contributed by atoms with Crippen LogP contribution in [-0.2, 0) is 11.8 Å². The maximum Gasteiger partial charge on any atom is 0.247 e. The lowest BCUT2D eigenvalue weighted by molar-refractivity contribution is -0.117. The first kappa shape index (κ1) is 12.3. The quantitative estimate of drug-likeness (QED) is 0.856. The predicted octanol–water partition coefficient (Wildman–Crippen LogP) is 1.37. The van der Waals surface area contributed by atoms with E-state index in [2.05, 4.69) is 10.4 Å². The van der Waals surface area contributed by atoms with Crippen molar-refractivity contribution in [3.05, 3.63) is 47.7 Å². The molecule has 1 amide bonds. The number of carbonyl (C=O) groups excluding carboxylic acids is 1. The van der Waals surface area contributed by atoms with Crippen LogP contribution in [0.2, 0.25) is 0 Å². The largest absolute Gasteiger partial charge is 0.316 e. The van der Waals surface area contributed by atoms with Crippen molar-refractivity contribution in [1.82, 2.24) is 9.78 Å². The lowest BCUT2D eigenvalue weighted by Crippen LogP contribution is -2.28. The Labute approximate surface area is 106 Å². The third-order valence-electron chi connectivity index (χ3n) is 2.79. The fourth-order valence-electron chi connectivity index (χ4n) is 1.63. The van der Waals surface area contributed by atoms with Crippen molar-refractivity contribution in [2.24, 2.45) is 12.8 Å². The van der Waals surface area contributed by atoms with E-state index in [1.807, 2.05) is 31.2 Å². The number of aryl methyl sites for hydroxylation is 2. The van der Waals surface area contributed by atoms with Gasteiger partial charge in [0.25, 0.3) is 0 Å². The second-order valence-electron chi connectivity index (χ2n) is 4.22. The molecule has 0 bridgehead atoms. The smallest absolute Gasteiger partial charge is 0.247 e. The Morgan fingerprint density at radius 3 is 2.56 bits per heavy atom. The summed E-state index contributed by atoms with van der Waals surface area (Å²) in [5, 5.41) is 6.71. The molecule has 94 valence electrons. The van der Waals surface area contributed by atoms with Gasteiger partial charge in [-0.25, -0.2) is 0 Å². The number of amides is 1. The molecule has 1 unspecified atom stereocenters. The first-order chi connectivity index (χ1) is 8.58. The van der Waals surface area contributed by atoms with Crippen molar-refractivity contribution in [3.63, 3.8) is 0 Å². The highest BCUT2D eigenvalue weighted by atomic mass is 16.2. The van der Waals surface area contributed by atoms with E-state index in [0.717, 1.165) is 11.1 Å². The molecule has 1 aromatic carbocycles. The molecule has 5 heteroatoms. The molecule has 0 aliphatic carbocycles. The molecule has 0 saturated heterocycles. The van der Waals surface area contributed by atoms with Gasteiger partial charge < -0.3 is 11.1 Å². The second-order valence-corrected chi connectivity index (χ2v) is 4.22. The Hall–Kier alpha value is -2.14. The molecular weight excluding hydrogens is 228 g/mol. The van der Waals surface area contributed by atoms with E-state index in [0.29, 0.717) is 5.82 Å². The van der Waals surface area contributed by atoms with Crippen LogP contribution < -0.4 is 11.1 Å². The van der Waals surface area contributed by atoms with Crippen LogP contribution in [0.25, 0.3) is 0 Å². The summed E-state index contributed by atoms with van der Waals surface area (Å²) in [6.07, 6.45) is 1.62. The molecule has 1 atom stereocenters. The summed E-state index contributed by atoms with van der Waals surface area (Å²) < 4.78 is 1.58. The highest BCUT2D eigenvalue weighted by Gasteiger charge is 2.16. The van der Waals surface area contributed by atoms with Crippen molar-refractivity contribution in [3.8, 4) is 0 Å². The third-order valence-corrected chi connectivity index (χ3v) is 2.79. The van der Waals surface area contributed by atoms with Crippen LogP contribution in [0.5, 0.6) is 0 Å². The van der Waals surface area contributed by atoms with Gasteiger partial charge in [0.15, 0.2) is 0 Å². The number of aromatic nitrogens is 2. The maximum absolute atomic E-state index is 12.0. The number of nitrogens with zero attached hydrogens (tertiary/aromatic N) is 2. The van der Waals surface area contributed by atoms with Crippen LogP contribution in [0, 0.1) is 6.92 Å². The maximum atomic E-state index is 12.0. The zero-order chi connectivity index (χ0) is 13.1. The van der Waals surface area contributed by atoms with E-state index in [4.69, 9.17) is 5.73 Å². The molecule has 2 rings (SSSR count). The van der Waals surface area contributed by atoms with E-state index >= 15 is 0 Å². The lowest BCUT2D eigenvalue weighted by Gasteiger charge is -2.12. The normalized spacial score (nSPS) is 12.2. The molecule has 0 aliphatic rings. The Morgan fingerprint density at radius 2 is 2.00 bits per heavy atom. The lowest BCUT2D eigenvalue weighted by atomic mass is 10.1. The third kappa shape index (κ3) is 2.57. The number of hydrogen-bond donors (Lipinski definition) is 2. The van der Waals surface area contributed by atoms with Gasteiger partial charge in [-0.05, 0) is 12.5 Å². The molecule has 0 radical (unpaired) electrons. The SMILES string of the molecule is Cc1ccc(C(N)C(=O)Nc2ccnn2C)cc1. The molecule has 0 fully saturated rings. The summed E-state index contributed by atoms with van der Waals surface area (Å²) in [7, 11) is 1.76. The van der Waals surface area contributed by atoms with Gasteiger partial charge in [0, 0.05) is 13.1 Å². The van der Waals surface area contributed by atoms with Crippen molar-refractivity contribution in [2.45, 2.75) is 13.0 Å². The molecule has 2 aromatic rings. The van der Waals surface area contributed by atoms with E-state index < -0.39 is 6.04 Å². The number of nitrogens with two attached hydrogens (primary N) is 1. The van der Waals surface area contributed by atoms with Gasteiger partial charge in [0.05, 0.1) is 6.20 Å². The Kier molecular flexibility index (Phi) is 3.43. The fraction of sp³-hybridized carbons (Fsp3) is 0.231. The standard InChI is InChI=1S/C13H16N4O/c1-9-3-5-10(6-4-9)12(14)13(18)16-11-7-8-15-17(11)2/h3-8,12H,14H2,1-2H3,(H,16,18). The summed E-state index contributed by atoms with van der Waals surface area (Å²) in [4.78, 5) is 12.0. The summed E-state index contributed by atoms with van der Waals surface area (Å²) in [5.74, 6) is 0.380. The van der Waals surface area contributed by atoms with Gasteiger partial charge in [-0.15, -0.1) is 0 Å². The predicted molar refractivity (Wildman–Crippen MR) is 69.9 cm³/mol. The van der Waals surface area contributed by atoms with Gasteiger partial charge >= 0.3 is 0 Å². The monoisotopic (exact) mass is 244 g/mol. The average Bonchev–Trinajstić information content (AvgIpc) is 2.75. The molecule has 0 saturated carbocycles. The summed E-state index contributed by atoms with van der Waals surface area (Å²) in [5.41, 5.74) is 7.84. The Bertz CT molecular complexity index is 544. The van der Waals surface area contributed by atoms with Gasteiger partial charge in [-0.3, -0.25) is 9.48 Å². The molecule has 5 nitrogen and oxygen atoms in total. The van der Waals surface area contributed by atoms with Gasteiger partial charge in [0.1, 0.15) is 11.9 Å². The minimum absolute atomic E-state index is 0.248. The van der Waals surface area contributed by atoms with Crippen LogP contribution in [0.4, 0.5) is 5.82 Å². The van der Waals surface area contributed by atoms with Crippen LogP contribution in [0.15, 0.2) is 36.5 Å². The number of benzene rings is 1. The number of carbonyl (C=O) groups is 1. The Morgan fingerprint density at radius 1 is 1.33 bits per heavy atom. The molecule has 1 heterocycles. The van der Waals surface area contributed by atoms with E-state index in [9.17, 15) is 4.79 Å². The Balaban J connectivity index is 2.09. The van der Waals surface area contributed by atoms with Crippen molar-refractivity contribution >= 4 is 11.7 Å². The minimum atomic E-state index is -0.680. The second kappa shape index (κ2) is 5.01. The van der Waals surface area contributed by atoms with E-state index in [-0.39, 0.29) is 5.91 Å². The fourth-order valence-corrected chi connectivity index (χ4v) is 1.63. The highest BCUT2D eigenvalue weighted by Crippen LogP contribution is 2.14.